The van der Waals surface area contributed by atoms with Gasteiger partial charge in [-0.1, -0.05) is 0 Å². The minimum atomic E-state index is -0.00171. The van der Waals surface area contributed by atoms with Gasteiger partial charge in [-0.05, 0) is 42.8 Å². The summed E-state index contributed by atoms with van der Waals surface area (Å²) in [7, 11) is 1.62. The number of hydrogen-bond acceptors (Lipinski definition) is 3. The van der Waals surface area contributed by atoms with Crippen LogP contribution in [-0.4, -0.2) is 17.9 Å². The summed E-state index contributed by atoms with van der Waals surface area (Å²) in [5.74, 6) is 0.787. The first-order valence-corrected chi connectivity index (χ1v) is 5.31. The lowest BCUT2D eigenvalue weighted by atomic mass is 10.0. The maximum absolute atomic E-state index is 12.1. The number of methoxy groups -OCH3 is 1. The van der Waals surface area contributed by atoms with Crippen molar-refractivity contribution in [3.8, 4) is 5.75 Å². The van der Waals surface area contributed by atoms with E-state index in [2.05, 4.69) is 4.98 Å². The van der Waals surface area contributed by atoms with Crippen LogP contribution in [0.2, 0.25) is 0 Å². The van der Waals surface area contributed by atoms with Gasteiger partial charge in [-0.2, -0.15) is 0 Å². The zero-order valence-corrected chi connectivity index (χ0v) is 9.81. The third-order valence-electron chi connectivity index (χ3n) is 2.60. The molecule has 1 aromatic carbocycles. The van der Waals surface area contributed by atoms with Crippen molar-refractivity contribution in [2.24, 2.45) is 0 Å². The van der Waals surface area contributed by atoms with Gasteiger partial charge in [-0.15, -0.1) is 0 Å². The monoisotopic (exact) mass is 227 g/mol. The van der Waals surface area contributed by atoms with Gasteiger partial charge in [0.2, 0.25) is 0 Å². The molecule has 1 aromatic heterocycles. The van der Waals surface area contributed by atoms with Crippen LogP contribution in [0.4, 0.5) is 0 Å². The summed E-state index contributed by atoms with van der Waals surface area (Å²) in [5, 5.41) is 0. The van der Waals surface area contributed by atoms with Crippen molar-refractivity contribution in [2.75, 3.05) is 7.11 Å². The highest BCUT2D eigenvalue weighted by atomic mass is 16.5. The smallest absolute Gasteiger partial charge is 0.193 e. The van der Waals surface area contributed by atoms with E-state index >= 15 is 0 Å². The Hall–Kier alpha value is -2.16. The molecule has 3 heteroatoms. The average molecular weight is 227 g/mol. The first kappa shape index (κ1) is 11.3. The molecule has 0 unspecified atom stereocenters. The molecule has 0 amide bonds. The Bertz CT molecular complexity index is 535. The zero-order valence-electron chi connectivity index (χ0n) is 9.81. The van der Waals surface area contributed by atoms with Gasteiger partial charge in [0.1, 0.15) is 5.75 Å². The quantitative estimate of drug-likeness (QED) is 0.757. The molecule has 3 nitrogen and oxygen atoms in total. The Morgan fingerprint density at radius 2 is 1.82 bits per heavy atom. The SMILES string of the molecule is COc1ccc(C(=O)c2ccncc2)cc1C. The van der Waals surface area contributed by atoms with Crippen molar-refractivity contribution in [1.82, 2.24) is 4.98 Å². The number of nitrogens with zero attached hydrogens (tertiary/aromatic N) is 1. The average Bonchev–Trinajstić information content (AvgIpc) is 2.39. The molecule has 0 N–H and O–H groups in total. The van der Waals surface area contributed by atoms with E-state index in [-0.39, 0.29) is 5.78 Å². The Kier molecular flexibility index (Phi) is 3.19. The van der Waals surface area contributed by atoms with E-state index in [4.69, 9.17) is 4.74 Å². The molecule has 0 saturated carbocycles. The standard InChI is InChI=1S/C14H13NO2/c1-10-9-12(3-4-13(10)17-2)14(16)11-5-7-15-8-6-11/h3-9H,1-2H3. The summed E-state index contributed by atoms with van der Waals surface area (Å²) >= 11 is 0. The maximum Gasteiger partial charge on any atom is 0.193 e. The van der Waals surface area contributed by atoms with Crippen LogP contribution in [0.3, 0.4) is 0 Å². The molecule has 2 aromatic rings. The second-order valence-electron chi connectivity index (χ2n) is 3.75. The van der Waals surface area contributed by atoms with Crippen LogP contribution in [0.15, 0.2) is 42.7 Å². The van der Waals surface area contributed by atoms with Crippen LogP contribution in [0.25, 0.3) is 0 Å². The molecule has 0 radical (unpaired) electrons. The molecule has 17 heavy (non-hydrogen) atoms. The number of benzene rings is 1. The number of rotatable bonds is 3. The number of aromatic nitrogens is 1. The lowest BCUT2D eigenvalue weighted by molar-refractivity contribution is 0.103. The first-order valence-electron chi connectivity index (χ1n) is 5.31. The lowest BCUT2D eigenvalue weighted by Crippen LogP contribution is -2.02. The van der Waals surface area contributed by atoms with Gasteiger partial charge in [0, 0.05) is 23.5 Å². The third kappa shape index (κ3) is 2.33. The predicted octanol–water partition coefficient (Wildman–Crippen LogP) is 2.63. The second kappa shape index (κ2) is 4.78. The highest BCUT2D eigenvalue weighted by molar-refractivity contribution is 6.09. The molecule has 0 atom stereocenters. The fraction of sp³-hybridized carbons (Fsp3) is 0.143. The van der Waals surface area contributed by atoms with E-state index in [1.54, 1.807) is 37.7 Å². The normalized spacial score (nSPS) is 10.0. The van der Waals surface area contributed by atoms with Crippen molar-refractivity contribution in [3.05, 3.63) is 59.4 Å². The summed E-state index contributed by atoms with van der Waals surface area (Å²) in [6, 6.07) is 8.84. The van der Waals surface area contributed by atoms with E-state index < -0.39 is 0 Å². The van der Waals surface area contributed by atoms with Crippen LogP contribution in [-0.2, 0) is 0 Å². The van der Waals surface area contributed by atoms with E-state index in [0.717, 1.165) is 11.3 Å². The number of ketones is 1. The Balaban J connectivity index is 2.35. The van der Waals surface area contributed by atoms with E-state index in [1.165, 1.54) is 0 Å². The van der Waals surface area contributed by atoms with Crippen LogP contribution in [0, 0.1) is 6.92 Å². The predicted molar refractivity (Wildman–Crippen MR) is 65.4 cm³/mol. The maximum atomic E-state index is 12.1. The molecule has 0 bridgehead atoms. The van der Waals surface area contributed by atoms with Crippen LogP contribution in [0.5, 0.6) is 5.75 Å². The van der Waals surface area contributed by atoms with Gasteiger partial charge in [0.15, 0.2) is 5.78 Å². The summed E-state index contributed by atoms with van der Waals surface area (Å²) in [6.07, 6.45) is 3.23. The summed E-state index contributed by atoms with van der Waals surface area (Å²) in [5.41, 5.74) is 2.26. The lowest BCUT2D eigenvalue weighted by Gasteiger charge is -2.06. The molecule has 0 aliphatic rings. The minimum absolute atomic E-state index is 0.00171. The zero-order chi connectivity index (χ0) is 12.3. The Labute approximate surface area is 100 Å². The summed E-state index contributed by atoms with van der Waals surface area (Å²) < 4.78 is 5.16. The molecule has 0 aliphatic carbocycles. The topological polar surface area (TPSA) is 39.2 Å². The summed E-state index contributed by atoms with van der Waals surface area (Å²) in [4.78, 5) is 16.0. The van der Waals surface area contributed by atoms with E-state index in [1.807, 2.05) is 19.1 Å². The first-order chi connectivity index (χ1) is 8.22. The van der Waals surface area contributed by atoms with Crippen molar-refractivity contribution in [1.29, 1.82) is 0 Å². The highest BCUT2D eigenvalue weighted by Crippen LogP contribution is 2.20. The van der Waals surface area contributed by atoms with Gasteiger partial charge in [0.05, 0.1) is 7.11 Å². The minimum Gasteiger partial charge on any atom is -0.496 e. The van der Waals surface area contributed by atoms with Crippen molar-refractivity contribution >= 4 is 5.78 Å². The number of carbonyl (C=O) groups is 1. The molecule has 86 valence electrons. The summed E-state index contributed by atoms with van der Waals surface area (Å²) in [6.45, 7) is 1.92. The van der Waals surface area contributed by atoms with Gasteiger partial charge >= 0.3 is 0 Å². The van der Waals surface area contributed by atoms with Gasteiger partial charge < -0.3 is 4.74 Å². The number of aryl methyl sites for hydroxylation is 1. The molecule has 1 heterocycles. The molecular formula is C14H13NO2. The van der Waals surface area contributed by atoms with Crippen molar-refractivity contribution < 1.29 is 9.53 Å². The molecule has 0 fully saturated rings. The second-order valence-corrected chi connectivity index (χ2v) is 3.75. The number of pyridine rings is 1. The van der Waals surface area contributed by atoms with Gasteiger partial charge in [-0.3, -0.25) is 9.78 Å². The Morgan fingerprint density at radius 3 is 2.41 bits per heavy atom. The third-order valence-corrected chi connectivity index (χ3v) is 2.60. The molecule has 0 aliphatic heterocycles. The molecule has 0 saturated heterocycles. The van der Waals surface area contributed by atoms with Gasteiger partial charge in [0.25, 0.3) is 0 Å². The van der Waals surface area contributed by atoms with Crippen LogP contribution in [0.1, 0.15) is 21.5 Å². The van der Waals surface area contributed by atoms with Crippen molar-refractivity contribution in [2.45, 2.75) is 6.92 Å². The highest BCUT2D eigenvalue weighted by Gasteiger charge is 2.10. The van der Waals surface area contributed by atoms with Crippen molar-refractivity contribution in [3.63, 3.8) is 0 Å². The van der Waals surface area contributed by atoms with E-state index in [9.17, 15) is 4.79 Å². The fourth-order valence-electron chi connectivity index (χ4n) is 1.69. The van der Waals surface area contributed by atoms with Crippen LogP contribution < -0.4 is 4.74 Å². The largest absolute Gasteiger partial charge is 0.496 e. The molecule has 2 rings (SSSR count). The number of carbonyl (C=O) groups excluding carboxylic acids is 1. The molecule has 0 spiro atoms. The number of ether oxygens (including phenoxy) is 1. The van der Waals surface area contributed by atoms with E-state index in [0.29, 0.717) is 11.1 Å². The Morgan fingerprint density at radius 1 is 1.12 bits per heavy atom. The molecular weight excluding hydrogens is 214 g/mol. The van der Waals surface area contributed by atoms with Gasteiger partial charge in [-0.25, -0.2) is 0 Å². The fourth-order valence-corrected chi connectivity index (χ4v) is 1.69. The van der Waals surface area contributed by atoms with Crippen LogP contribution >= 0.6 is 0 Å². The number of hydrogen-bond donors (Lipinski definition) is 0.